The number of ether oxygens (including phenoxy) is 2. The first kappa shape index (κ1) is 18.2. The standard InChI is InChI=1S/C20H29NO4/c1-14-12-19(22)18(21(14)20(23)24-2)13-25-17-10-8-16(9-11-17)15-6-4-3-5-7-15/h3-7,14,16-19,22H,8-13H2,1-2H3/t14-,16?,17?,18?,19?/m1/s1. The number of amides is 1. The maximum atomic E-state index is 12.0. The molecule has 1 saturated carbocycles. The second-order valence-corrected chi connectivity index (χ2v) is 7.31. The predicted molar refractivity (Wildman–Crippen MR) is 95.5 cm³/mol. The second kappa shape index (κ2) is 8.19. The number of carbonyl (C=O) groups excluding carboxylic acids is 1. The molecule has 2 unspecified atom stereocenters. The van der Waals surface area contributed by atoms with Crippen LogP contribution in [0, 0.1) is 0 Å². The van der Waals surface area contributed by atoms with Gasteiger partial charge in [-0.2, -0.15) is 0 Å². The smallest absolute Gasteiger partial charge is 0.410 e. The highest BCUT2D eigenvalue weighted by molar-refractivity contribution is 5.69. The maximum Gasteiger partial charge on any atom is 0.410 e. The highest BCUT2D eigenvalue weighted by Crippen LogP contribution is 2.34. The van der Waals surface area contributed by atoms with Gasteiger partial charge in [0.05, 0.1) is 32.0 Å². The van der Waals surface area contributed by atoms with Gasteiger partial charge in [0.25, 0.3) is 0 Å². The van der Waals surface area contributed by atoms with E-state index in [0.29, 0.717) is 18.9 Å². The van der Waals surface area contributed by atoms with Gasteiger partial charge in [0.15, 0.2) is 0 Å². The summed E-state index contributed by atoms with van der Waals surface area (Å²) >= 11 is 0. The Kier molecular flexibility index (Phi) is 5.97. The lowest BCUT2D eigenvalue weighted by atomic mass is 9.83. The van der Waals surface area contributed by atoms with Crippen LogP contribution in [0.2, 0.25) is 0 Å². The monoisotopic (exact) mass is 347 g/mol. The molecule has 5 heteroatoms. The molecule has 1 amide bonds. The normalized spacial score (nSPS) is 32.6. The molecule has 5 nitrogen and oxygen atoms in total. The van der Waals surface area contributed by atoms with E-state index >= 15 is 0 Å². The third-order valence-electron chi connectivity index (χ3n) is 5.69. The van der Waals surface area contributed by atoms with Crippen molar-refractivity contribution in [3.63, 3.8) is 0 Å². The Hall–Kier alpha value is -1.59. The van der Waals surface area contributed by atoms with Gasteiger partial charge in [-0.05, 0) is 50.5 Å². The molecule has 1 N–H and O–H groups in total. The minimum atomic E-state index is -0.547. The van der Waals surface area contributed by atoms with E-state index in [9.17, 15) is 9.90 Å². The lowest BCUT2D eigenvalue weighted by molar-refractivity contribution is -0.0252. The largest absolute Gasteiger partial charge is 0.453 e. The molecule has 0 spiro atoms. The summed E-state index contributed by atoms with van der Waals surface area (Å²) < 4.78 is 10.9. The van der Waals surface area contributed by atoms with Gasteiger partial charge < -0.3 is 14.6 Å². The molecule has 0 bridgehead atoms. The van der Waals surface area contributed by atoms with E-state index in [1.54, 1.807) is 4.90 Å². The summed E-state index contributed by atoms with van der Waals surface area (Å²) in [5.74, 6) is 0.615. The summed E-state index contributed by atoms with van der Waals surface area (Å²) in [5.41, 5.74) is 1.41. The van der Waals surface area contributed by atoms with E-state index in [1.165, 1.54) is 12.7 Å². The number of aliphatic hydroxyl groups excluding tert-OH is 1. The third-order valence-corrected chi connectivity index (χ3v) is 5.69. The average molecular weight is 347 g/mol. The lowest BCUT2D eigenvalue weighted by Gasteiger charge is -2.32. The molecule has 1 aromatic rings. The molecule has 1 aliphatic heterocycles. The lowest BCUT2D eigenvalue weighted by Crippen LogP contribution is -2.45. The van der Waals surface area contributed by atoms with Crippen LogP contribution >= 0.6 is 0 Å². The van der Waals surface area contributed by atoms with Gasteiger partial charge in [0.2, 0.25) is 0 Å². The van der Waals surface area contributed by atoms with Crippen LogP contribution in [0.25, 0.3) is 0 Å². The van der Waals surface area contributed by atoms with Crippen molar-refractivity contribution in [1.82, 2.24) is 4.90 Å². The van der Waals surface area contributed by atoms with Crippen LogP contribution in [0.3, 0.4) is 0 Å². The molecular weight excluding hydrogens is 318 g/mol. The van der Waals surface area contributed by atoms with Gasteiger partial charge in [-0.15, -0.1) is 0 Å². The van der Waals surface area contributed by atoms with Crippen molar-refractivity contribution in [3.8, 4) is 0 Å². The molecule has 1 aliphatic carbocycles. The summed E-state index contributed by atoms with van der Waals surface area (Å²) in [4.78, 5) is 13.6. The molecule has 2 aliphatic rings. The Morgan fingerprint density at radius 2 is 1.88 bits per heavy atom. The van der Waals surface area contributed by atoms with Crippen LogP contribution in [0.15, 0.2) is 30.3 Å². The van der Waals surface area contributed by atoms with Gasteiger partial charge in [0, 0.05) is 6.04 Å². The number of hydrogen-bond acceptors (Lipinski definition) is 4. The van der Waals surface area contributed by atoms with Crippen molar-refractivity contribution < 1.29 is 19.4 Å². The van der Waals surface area contributed by atoms with E-state index in [0.717, 1.165) is 25.7 Å². The first-order valence-corrected chi connectivity index (χ1v) is 9.31. The number of methoxy groups -OCH3 is 1. The first-order valence-electron chi connectivity index (χ1n) is 9.31. The summed E-state index contributed by atoms with van der Waals surface area (Å²) in [5, 5.41) is 10.3. The van der Waals surface area contributed by atoms with Crippen LogP contribution in [0.5, 0.6) is 0 Å². The fourth-order valence-corrected chi connectivity index (χ4v) is 4.27. The number of rotatable bonds is 4. The van der Waals surface area contributed by atoms with Crippen LogP contribution < -0.4 is 0 Å². The van der Waals surface area contributed by atoms with Gasteiger partial charge in [-0.25, -0.2) is 4.79 Å². The fraction of sp³-hybridized carbons (Fsp3) is 0.650. The van der Waals surface area contributed by atoms with E-state index < -0.39 is 6.10 Å². The number of nitrogens with zero attached hydrogens (tertiary/aromatic N) is 1. The number of carbonyl (C=O) groups is 1. The zero-order valence-electron chi connectivity index (χ0n) is 15.1. The van der Waals surface area contributed by atoms with E-state index in [1.807, 2.05) is 6.92 Å². The van der Waals surface area contributed by atoms with Crippen molar-refractivity contribution in [1.29, 1.82) is 0 Å². The van der Waals surface area contributed by atoms with Crippen molar-refractivity contribution in [2.45, 2.75) is 69.2 Å². The summed E-state index contributed by atoms with van der Waals surface area (Å²) in [7, 11) is 1.38. The topological polar surface area (TPSA) is 59.0 Å². The Bertz CT molecular complexity index is 556. The molecule has 0 radical (unpaired) electrons. The predicted octanol–water partition coefficient (Wildman–Crippen LogP) is 3.32. The second-order valence-electron chi connectivity index (χ2n) is 7.31. The van der Waals surface area contributed by atoms with Crippen molar-refractivity contribution in [3.05, 3.63) is 35.9 Å². The van der Waals surface area contributed by atoms with Gasteiger partial charge in [0.1, 0.15) is 0 Å². The fourth-order valence-electron chi connectivity index (χ4n) is 4.27. The van der Waals surface area contributed by atoms with E-state index in [4.69, 9.17) is 9.47 Å². The molecule has 1 heterocycles. The minimum absolute atomic E-state index is 0.0233. The summed E-state index contributed by atoms with van der Waals surface area (Å²) in [6.07, 6.45) is 4.15. The van der Waals surface area contributed by atoms with Crippen molar-refractivity contribution in [2.24, 2.45) is 0 Å². The van der Waals surface area contributed by atoms with E-state index in [-0.39, 0.29) is 24.3 Å². The Labute approximate surface area is 149 Å². The van der Waals surface area contributed by atoms with Gasteiger partial charge in [-0.3, -0.25) is 4.90 Å². The van der Waals surface area contributed by atoms with Crippen LogP contribution in [0.1, 0.15) is 50.5 Å². The molecule has 25 heavy (non-hydrogen) atoms. The van der Waals surface area contributed by atoms with Crippen molar-refractivity contribution >= 4 is 6.09 Å². The van der Waals surface area contributed by atoms with Gasteiger partial charge in [-0.1, -0.05) is 30.3 Å². The molecular formula is C20H29NO4. The molecule has 3 atom stereocenters. The Morgan fingerprint density at radius 1 is 1.20 bits per heavy atom. The van der Waals surface area contributed by atoms with Crippen LogP contribution in [0.4, 0.5) is 4.79 Å². The first-order chi connectivity index (χ1) is 12.1. The quantitative estimate of drug-likeness (QED) is 0.908. The van der Waals surface area contributed by atoms with Crippen LogP contribution in [-0.4, -0.2) is 54.1 Å². The molecule has 0 aromatic heterocycles. The Morgan fingerprint density at radius 3 is 2.52 bits per heavy atom. The molecule has 1 saturated heterocycles. The molecule has 1 aromatic carbocycles. The highest BCUT2D eigenvalue weighted by Gasteiger charge is 2.42. The summed E-state index contributed by atoms with van der Waals surface area (Å²) in [6.45, 7) is 2.31. The number of benzene rings is 1. The average Bonchev–Trinajstić information content (AvgIpc) is 2.93. The number of aliphatic hydroxyl groups is 1. The Balaban J connectivity index is 1.50. The third kappa shape index (κ3) is 4.15. The number of hydrogen-bond donors (Lipinski definition) is 1. The zero-order chi connectivity index (χ0) is 17.8. The zero-order valence-corrected chi connectivity index (χ0v) is 15.1. The highest BCUT2D eigenvalue weighted by atomic mass is 16.5. The van der Waals surface area contributed by atoms with Crippen LogP contribution in [-0.2, 0) is 9.47 Å². The van der Waals surface area contributed by atoms with Gasteiger partial charge >= 0.3 is 6.09 Å². The number of likely N-dealkylation sites (tertiary alicyclic amines) is 1. The summed E-state index contributed by atoms with van der Waals surface area (Å²) in [6, 6.07) is 10.3. The minimum Gasteiger partial charge on any atom is -0.453 e. The SMILES string of the molecule is COC(=O)N1C(COC2CCC(c3ccccc3)CC2)C(O)C[C@H]1C. The molecule has 3 rings (SSSR count). The maximum absolute atomic E-state index is 12.0. The van der Waals surface area contributed by atoms with Crippen molar-refractivity contribution in [2.75, 3.05) is 13.7 Å². The molecule has 2 fully saturated rings. The van der Waals surface area contributed by atoms with E-state index in [2.05, 4.69) is 30.3 Å². The molecule has 138 valence electrons.